The van der Waals surface area contributed by atoms with Crippen LogP contribution in [0.3, 0.4) is 0 Å². The van der Waals surface area contributed by atoms with Gasteiger partial charge in [-0.2, -0.15) is 0 Å². The van der Waals surface area contributed by atoms with Crippen molar-refractivity contribution in [3.8, 4) is 0 Å². The minimum atomic E-state index is -0.941. The molecule has 0 spiro atoms. The Bertz CT molecular complexity index is 459. The Morgan fingerprint density at radius 1 is 1.00 bits per heavy atom. The average molecular weight is 314 g/mol. The van der Waals surface area contributed by atoms with Crippen molar-refractivity contribution in [3.05, 3.63) is 22.0 Å². The lowest BCUT2D eigenvalue weighted by Gasteiger charge is -2.10. The minimum Gasteiger partial charge on any atom is -0.481 e. The molecule has 0 saturated heterocycles. The molecule has 108 valence electrons. The highest BCUT2D eigenvalue weighted by atomic mass is 32.2. The largest absolute Gasteiger partial charge is 0.481 e. The van der Waals surface area contributed by atoms with Gasteiger partial charge in [0.15, 0.2) is 11.6 Å². The smallest absolute Gasteiger partial charge is 0.304 e. The van der Waals surface area contributed by atoms with Gasteiger partial charge in [0.2, 0.25) is 0 Å². The number of aliphatic carboxylic acids is 1. The average Bonchev–Trinajstić information content (AvgIpc) is 2.33. The van der Waals surface area contributed by atoms with E-state index in [1.807, 2.05) is 0 Å². The van der Waals surface area contributed by atoms with E-state index in [9.17, 15) is 19.2 Å². The third-order valence-corrected chi connectivity index (χ3v) is 4.37. The summed E-state index contributed by atoms with van der Waals surface area (Å²) in [6.07, 6.45) is 2.79. The molecular weight excluding hydrogens is 300 g/mol. The molecule has 0 heterocycles. The number of hydrogen-bond acceptors (Lipinski definition) is 6. The van der Waals surface area contributed by atoms with Gasteiger partial charge in [-0.05, 0) is 6.92 Å². The van der Waals surface area contributed by atoms with E-state index in [1.165, 1.54) is 30.8 Å². The van der Waals surface area contributed by atoms with Gasteiger partial charge in [-0.15, -0.1) is 23.5 Å². The zero-order valence-corrected chi connectivity index (χ0v) is 12.5. The number of thioether (sulfide) groups is 2. The third kappa shape index (κ3) is 5.75. The van der Waals surface area contributed by atoms with E-state index in [-0.39, 0.29) is 34.4 Å². The number of carboxylic acid groups (broad SMARTS) is 1. The molecule has 0 radical (unpaired) electrons. The molecule has 0 aromatic heterocycles. The highest BCUT2D eigenvalue weighted by Gasteiger charge is 2.21. The summed E-state index contributed by atoms with van der Waals surface area (Å²) < 4.78 is 0. The SMILES string of the molecule is CC(=O)CCSC1=CC(=O)C(SCCC(=O)O)=CC1=O. The summed E-state index contributed by atoms with van der Waals surface area (Å²) in [7, 11) is 0. The van der Waals surface area contributed by atoms with Crippen LogP contribution in [0.1, 0.15) is 19.8 Å². The second-order valence-corrected chi connectivity index (χ2v) is 6.31. The van der Waals surface area contributed by atoms with Crippen molar-refractivity contribution < 1.29 is 24.3 Å². The van der Waals surface area contributed by atoms with Crippen LogP contribution in [0.15, 0.2) is 22.0 Å². The summed E-state index contributed by atoms with van der Waals surface area (Å²) in [6, 6.07) is 0. The first-order valence-corrected chi connectivity index (χ1v) is 7.86. The van der Waals surface area contributed by atoms with Crippen molar-refractivity contribution in [3.63, 3.8) is 0 Å². The molecule has 0 bridgehead atoms. The van der Waals surface area contributed by atoms with E-state index in [1.54, 1.807) is 0 Å². The summed E-state index contributed by atoms with van der Waals surface area (Å²) >= 11 is 2.26. The molecule has 0 unspecified atom stereocenters. The molecule has 0 fully saturated rings. The second kappa shape index (κ2) is 8.06. The fraction of sp³-hybridized carbons (Fsp3) is 0.385. The first kappa shape index (κ1) is 16.7. The highest BCUT2D eigenvalue weighted by Crippen LogP contribution is 2.28. The van der Waals surface area contributed by atoms with Crippen LogP contribution < -0.4 is 0 Å². The monoisotopic (exact) mass is 314 g/mol. The normalized spacial score (nSPS) is 14.8. The molecule has 1 rings (SSSR count). The molecule has 1 aliphatic rings. The highest BCUT2D eigenvalue weighted by molar-refractivity contribution is 8.04. The van der Waals surface area contributed by atoms with Crippen molar-refractivity contribution in [2.24, 2.45) is 0 Å². The topological polar surface area (TPSA) is 88.5 Å². The molecule has 0 aliphatic heterocycles. The number of rotatable bonds is 8. The van der Waals surface area contributed by atoms with E-state index < -0.39 is 5.97 Å². The lowest BCUT2D eigenvalue weighted by molar-refractivity contribution is -0.136. The zero-order chi connectivity index (χ0) is 15.1. The van der Waals surface area contributed by atoms with Crippen LogP contribution in [0.25, 0.3) is 0 Å². The van der Waals surface area contributed by atoms with Crippen molar-refractivity contribution in [1.82, 2.24) is 0 Å². The van der Waals surface area contributed by atoms with Crippen LogP contribution in [0.4, 0.5) is 0 Å². The van der Waals surface area contributed by atoms with Gasteiger partial charge in [-0.25, -0.2) is 0 Å². The molecule has 20 heavy (non-hydrogen) atoms. The maximum Gasteiger partial charge on any atom is 0.304 e. The number of carbonyl (C=O) groups excluding carboxylic acids is 3. The third-order valence-electron chi connectivity index (χ3n) is 2.30. The second-order valence-electron chi connectivity index (χ2n) is 4.04. The molecule has 7 heteroatoms. The number of hydrogen-bond donors (Lipinski definition) is 1. The predicted molar refractivity (Wildman–Crippen MR) is 78.6 cm³/mol. The maximum absolute atomic E-state index is 11.8. The molecule has 1 N–H and O–H groups in total. The van der Waals surface area contributed by atoms with Crippen LogP contribution in [0.2, 0.25) is 0 Å². The molecule has 0 atom stereocenters. The Labute approximate surface area is 124 Å². The van der Waals surface area contributed by atoms with Crippen LogP contribution in [-0.4, -0.2) is 39.9 Å². The van der Waals surface area contributed by atoms with Crippen LogP contribution in [-0.2, 0) is 19.2 Å². The molecule has 0 amide bonds. The van der Waals surface area contributed by atoms with Gasteiger partial charge < -0.3 is 5.11 Å². The van der Waals surface area contributed by atoms with Gasteiger partial charge in [0.05, 0.1) is 16.2 Å². The molecule has 1 aliphatic carbocycles. The van der Waals surface area contributed by atoms with Gasteiger partial charge in [0, 0.05) is 30.1 Å². The first-order valence-electron chi connectivity index (χ1n) is 5.89. The van der Waals surface area contributed by atoms with Gasteiger partial charge in [0.1, 0.15) is 5.78 Å². The van der Waals surface area contributed by atoms with Gasteiger partial charge in [-0.1, -0.05) is 0 Å². The van der Waals surface area contributed by atoms with E-state index >= 15 is 0 Å². The molecular formula is C13H14O5S2. The summed E-state index contributed by atoms with van der Waals surface area (Å²) in [5, 5.41) is 8.52. The summed E-state index contributed by atoms with van der Waals surface area (Å²) in [5.41, 5.74) is 0. The molecule has 0 saturated carbocycles. The van der Waals surface area contributed by atoms with Crippen LogP contribution in [0, 0.1) is 0 Å². The Morgan fingerprint density at radius 2 is 1.45 bits per heavy atom. The number of Topliss-reactive ketones (excluding diaryl/α,β-unsaturated/α-hetero) is 1. The summed E-state index contributed by atoms with van der Waals surface area (Å²) in [6.45, 7) is 1.47. The number of carboxylic acids is 1. The molecule has 5 nitrogen and oxygen atoms in total. The Morgan fingerprint density at radius 3 is 1.85 bits per heavy atom. The standard InChI is InChI=1S/C13H14O5S2/c1-8(14)2-4-19-11-6-10(16)12(7-9(11)15)20-5-3-13(17)18/h6-7H,2-5H2,1H3,(H,17,18). The van der Waals surface area contributed by atoms with E-state index in [2.05, 4.69) is 0 Å². The van der Waals surface area contributed by atoms with Crippen molar-refractivity contribution in [2.45, 2.75) is 19.8 Å². The number of carbonyl (C=O) groups is 4. The van der Waals surface area contributed by atoms with Crippen LogP contribution in [0.5, 0.6) is 0 Å². The summed E-state index contributed by atoms with van der Waals surface area (Å²) in [4.78, 5) is 45.4. The van der Waals surface area contributed by atoms with Crippen molar-refractivity contribution >= 4 is 46.8 Å². The van der Waals surface area contributed by atoms with Gasteiger partial charge in [-0.3, -0.25) is 19.2 Å². The van der Waals surface area contributed by atoms with E-state index in [0.29, 0.717) is 17.1 Å². The Kier molecular flexibility index (Phi) is 6.74. The van der Waals surface area contributed by atoms with Gasteiger partial charge in [0.25, 0.3) is 0 Å². The Balaban J connectivity index is 2.53. The van der Waals surface area contributed by atoms with Crippen molar-refractivity contribution in [2.75, 3.05) is 11.5 Å². The first-order chi connectivity index (χ1) is 9.40. The number of allylic oxidation sites excluding steroid dienone is 4. The zero-order valence-electron chi connectivity index (χ0n) is 10.9. The number of ketones is 3. The fourth-order valence-electron chi connectivity index (χ4n) is 1.30. The lowest BCUT2D eigenvalue weighted by atomic mass is 10.2. The van der Waals surface area contributed by atoms with Gasteiger partial charge >= 0.3 is 5.97 Å². The van der Waals surface area contributed by atoms with Crippen LogP contribution >= 0.6 is 23.5 Å². The summed E-state index contributed by atoms with van der Waals surface area (Å²) in [5.74, 6) is -0.741. The minimum absolute atomic E-state index is 0.0353. The Hall–Kier alpha value is -1.34. The van der Waals surface area contributed by atoms with E-state index in [4.69, 9.17) is 5.11 Å². The maximum atomic E-state index is 11.8. The van der Waals surface area contributed by atoms with E-state index in [0.717, 1.165) is 11.8 Å². The fourth-order valence-corrected chi connectivity index (χ4v) is 3.19. The molecule has 0 aromatic carbocycles. The quantitative estimate of drug-likeness (QED) is 0.684. The van der Waals surface area contributed by atoms with Crippen molar-refractivity contribution in [1.29, 1.82) is 0 Å². The molecule has 0 aromatic rings. The lowest BCUT2D eigenvalue weighted by Crippen LogP contribution is -2.11. The predicted octanol–water partition coefficient (Wildman–Crippen LogP) is 1.83.